The van der Waals surface area contributed by atoms with Crippen LogP contribution in [0.4, 0.5) is 0 Å². The van der Waals surface area contributed by atoms with Crippen molar-refractivity contribution in [2.24, 2.45) is 14.1 Å². The number of nitrogens with zero attached hydrogens (tertiary/aromatic N) is 6. The van der Waals surface area contributed by atoms with Gasteiger partial charge in [0.25, 0.3) is 17.0 Å². The number of carbonyl (C=O) groups excluding carboxylic acids is 1. The van der Waals surface area contributed by atoms with Gasteiger partial charge < -0.3 is 4.57 Å². The molecule has 34 heavy (non-hydrogen) atoms. The molecule has 1 N–H and O–H groups in total. The fourth-order valence-electron chi connectivity index (χ4n) is 3.85. The van der Waals surface area contributed by atoms with Gasteiger partial charge in [-0.1, -0.05) is 42.5 Å². The molecule has 3 aromatic heterocycles. The molecule has 3 heterocycles. The monoisotopic (exact) mass is 457 g/mol. The van der Waals surface area contributed by atoms with Crippen LogP contribution < -0.4 is 22.2 Å². The summed E-state index contributed by atoms with van der Waals surface area (Å²) in [4.78, 5) is 59.8. The molecule has 0 aliphatic heterocycles. The molecule has 0 bridgehead atoms. The largest absolute Gasteiger partial charge is 0.332 e. The number of para-hydroxylation sites is 1. The van der Waals surface area contributed by atoms with Crippen molar-refractivity contribution in [2.45, 2.75) is 6.54 Å². The second-order valence-corrected chi connectivity index (χ2v) is 7.74. The number of amides is 1. The molecule has 11 nitrogen and oxygen atoms in total. The Hall–Kier alpha value is -4.80. The van der Waals surface area contributed by atoms with Crippen LogP contribution in [0.15, 0.2) is 75.3 Å². The third-order valence-corrected chi connectivity index (χ3v) is 5.58. The summed E-state index contributed by atoms with van der Waals surface area (Å²) in [5, 5.41) is 0.347. The lowest BCUT2D eigenvalue weighted by atomic mass is 10.2. The number of hydrogen-bond donors (Lipinski definition) is 1. The van der Waals surface area contributed by atoms with Gasteiger partial charge in [0.1, 0.15) is 6.54 Å². The number of nitrogens with one attached hydrogen (secondary N) is 1. The van der Waals surface area contributed by atoms with Crippen LogP contribution in [0.5, 0.6) is 0 Å². The molecule has 5 aromatic rings. The van der Waals surface area contributed by atoms with Crippen LogP contribution in [0.25, 0.3) is 33.5 Å². The average molecular weight is 457 g/mol. The number of aryl methyl sites for hydroxylation is 1. The van der Waals surface area contributed by atoms with Crippen molar-refractivity contribution < 1.29 is 4.79 Å². The summed E-state index contributed by atoms with van der Waals surface area (Å²) in [5.41, 5.74) is 2.49. The van der Waals surface area contributed by atoms with E-state index in [4.69, 9.17) is 0 Å². The minimum absolute atomic E-state index is 0.104. The number of carbonyl (C=O) groups is 1. The second-order valence-electron chi connectivity index (χ2n) is 7.74. The number of hydrogen-bond acceptors (Lipinski definition) is 6. The van der Waals surface area contributed by atoms with E-state index in [0.29, 0.717) is 16.5 Å². The third kappa shape index (κ3) is 3.30. The maximum absolute atomic E-state index is 13.3. The van der Waals surface area contributed by atoms with Gasteiger partial charge in [0.2, 0.25) is 0 Å². The fraction of sp³-hybridized carbons (Fsp3) is 0.130. The van der Waals surface area contributed by atoms with Crippen LogP contribution in [0, 0.1) is 0 Å². The molecule has 11 heteroatoms. The zero-order valence-electron chi connectivity index (χ0n) is 18.3. The zero-order chi connectivity index (χ0) is 24.0. The van der Waals surface area contributed by atoms with Gasteiger partial charge in [0.15, 0.2) is 17.0 Å². The summed E-state index contributed by atoms with van der Waals surface area (Å²) in [6.45, 7) is -0.308. The van der Waals surface area contributed by atoms with E-state index in [1.54, 1.807) is 48.5 Å². The molecule has 0 aliphatic carbocycles. The van der Waals surface area contributed by atoms with Crippen LogP contribution in [-0.4, -0.2) is 34.3 Å². The number of imidazole rings is 1. The summed E-state index contributed by atoms with van der Waals surface area (Å²) >= 11 is 0. The molecular weight excluding hydrogens is 438 g/mol. The van der Waals surface area contributed by atoms with Gasteiger partial charge in [-0.2, -0.15) is 4.68 Å². The summed E-state index contributed by atoms with van der Waals surface area (Å²) < 4.78 is 4.63. The Morgan fingerprint density at radius 1 is 0.912 bits per heavy atom. The lowest BCUT2D eigenvalue weighted by molar-refractivity contribution is -0.117. The second kappa shape index (κ2) is 7.96. The lowest BCUT2D eigenvalue weighted by Gasteiger charge is -2.15. The Bertz CT molecular complexity index is 1760. The molecule has 5 rings (SSSR count). The summed E-state index contributed by atoms with van der Waals surface area (Å²) in [5.74, 6) is -0.307. The van der Waals surface area contributed by atoms with Crippen LogP contribution in [0.1, 0.15) is 0 Å². The molecular formula is C23H19N7O4. The normalized spacial score (nSPS) is 11.2. The summed E-state index contributed by atoms with van der Waals surface area (Å²) in [7, 11) is 2.85. The summed E-state index contributed by atoms with van der Waals surface area (Å²) in [6.07, 6.45) is 1.31. The minimum atomic E-state index is -0.577. The van der Waals surface area contributed by atoms with Gasteiger partial charge in [0, 0.05) is 19.7 Å². The van der Waals surface area contributed by atoms with Crippen molar-refractivity contribution in [2.75, 3.05) is 5.43 Å². The van der Waals surface area contributed by atoms with E-state index >= 15 is 0 Å². The average Bonchev–Trinajstić information content (AvgIpc) is 3.27. The molecule has 0 aliphatic rings. The first kappa shape index (κ1) is 21.1. The maximum Gasteiger partial charge on any atom is 0.332 e. The Balaban J connectivity index is 1.59. The predicted molar refractivity (Wildman–Crippen MR) is 126 cm³/mol. The van der Waals surface area contributed by atoms with Crippen molar-refractivity contribution in [3.05, 3.63) is 92.1 Å². The van der Waals surface area contributed by atoms with Crippen molar-refractivity contribution in [3.63, 3.8) is 0 Å². The molecule has 1 amide bonds. The molecule has 0 atom stereocenters. The van der Waals surface area contributed by atoms with Crippen molar-refractivity contribution in [3.8, 4) is 11.4 Å². The molecule has 0 saturated heterocycles. The zero-order valence-corrected chi connectivity index (χ0v) is 18.3. The fourth-order valence-corrected chi connectivity index (χ4v) is 3.85. The van der Waals surface area contributed by atoms with Crippen LogP contribution in [0.2, 0.25) is 0 Å². The third-order valence-electron chi connectivity index (χ3n) is 5.58. The first-order chi connectivity index (χ1) is 16.4. The Kier molecular flexibility index (Phi) is 4.93. The van der Waals surface area contributed by atoms with E-state index in [2.05, 4.69) is 15.4 Å². The lowest BCUT2D eigenvalue weighted by Crippen LogP contribution is -2.39. The van der Waals surface area contributed by atoms with Crippen LogP contribution in [0.3, 0.4) is 0 Å². The quantitative estimate of drug-likeness (QED) is 0.421. The highest BCUT2D eigenvalue weighted by molar-refractivity contribution is 5.87. The van der Waals surface area contributed by atoms with Gasteiger partial charge in [-0.3, -0.25) is 28.9 Å². The highest BCUT2D eigenvalue weighted by atomic mass is 16.2. The van der Waals surface area contributed by atoms with E-state index in [1.807, 2.05) is 6.07 Å². The van der Waals surface area contributed by atoms with Crippen LogP contribution >= 0.6 is 0 Å². The Labute approximate surface area is 191 Å². The van der Waals surface area contributed by atoms with Crippen LogP contribution in [-0.2, 0) is 25.4 Å². The van der Waals surface area contributed by atoms with E-state index in [-0.39, 0.29) is 23.5 Å². The van der Waals surface area contributed by atoms with E-state index in [0.717, 1.165) is 9.24 Å². The van der Waals surface area contributed by atoms with Crippen molar-refractivity contribution >= 4 is 28.0 Å². The van der Waals surface area contributed by atoms with E-state index < -0.39 is 22.7 Å². The van der Waals surface area contributed by atoms with Gasteiger partial charge >= 0.3 is 5.69 Å². The Morgan fingerprint density at radius 3 is 2.38 bits per heavy atom. The predicted octanol–water partition coefficient (Wildman–Crippen LogP) is 0.581. The van der Waals surface area contributed by atoms with Gasteiger partial charge in [-0.25, -0.2) is 14.8 Å². The molecule has 0 saturated carbocycles. The molecule has 0 unspecified atom stereocenters. The molecule has 0 radical (unpaired) electrons. The molecule has 0 fully saturated rings. The standard InChI is InChI=1S/C23H19N7O4/c1-27-20-18(22(33)28(2)23(27)34)29(13-24-20)12-17(31)26-30-19(14-8-4-3-5-9-14)25-16-11-7-6-10-15(16)21(30)32/h3-11,13H,12H2,1-2H3,(H,26,31). The molecule has 0 spiro atoms. The SMILES string of the molecule is Cn1c(=O)c2c(ncn2CC(=O)Nn2c(-c3ccccc3)nc3ccccc3c2=O)n(C)c1=O. The highest BCUT2D eigenvalue weighted by Gasteiger charge is 2.18. The molecule has 2 aromatic carbocycles. The van der Waals surface area contributed by atoms with Gasteiger partial charge in [-0.05, 0) is 12.1 Å². The van der Waals surface area contributed by atoms with Gasteiger partial charge in [0.05, 0.1) is 17.2 Å². The van der Waals surface area contributed by atoms with E-state index in [1.165, 1.54) is 29.6 Å². The minimum Gasteiger partial charge on any atom is -0.315 e. The number of rotatable bonds is 4. The number of aromatic nitrogens is 6. The first-order valence-electron chi connectivity index (χ1n) is 10.3. The highest BCUT2D eigenvalue weighted by Crippen LogP contribution is 2.18. The number of fused-ring (bicyclic) bond motifs is 2. The first-order valence-corrected chi connectivity index (χ1v) is 10.3. The topological polar surface area (TPSA) is 126 Å². The summed E-state index contributed by atoms with van der Waals surface area (Å²) in [6, 6.07) is 15.9. The molecule has 170 valence electrons. The Morgan fingerprint density at radius 2 is 1.62 bits per heavy atom. The van der Waals surface area contributed by atoms with Crippen molar-refractivity contribution in [1.82, 2.24) is 28.3 Å². The smallest absolute Gasteiger partial charge is 0.315 e. The van der Waals surface area contributed by atoms with Gasteiger partial charge in [-0.15, -0.1) is 0 Å². The number of benzene rings is 2. The van der Waals surface area contributed by atoms with Crippen molar-refractivity contribution in [1.29, 1.82) is 0 Å². The van der Waals surface area contributed by atoms with E-state index in [9.17, 15) is 19.2 Å². The maximum atomic E-state index is 13.3.